The van der Waals surface area contributed by atoms with Crippen molar-refractivity contribution in [3.8, 4) is 11.6 Å². The number of benzene rings is 2. The van der Waals surface area contributed by atoms with Gasteiger partial charge in [0.05, 0.1) is 23.2 Å². The number of hydrogen-bond acceptors (Lipinski definition) is 9. The van der Waals surface area contributed by atoms with Crippen molar-refractivity contribution in [1.82, 2.24) is 15.0 Å². The van der Waals surface area contributed by atoms with Crippen LogP contribution in [0.25, 0.3) is 10.2 Å². The maximum absolute atomic E-state index is 11.9. The van der Waals surface area contributed by atoms with Gasteiger partial charge in [0.25, 0.3) is 5.88 Å². The van der Waals surface area contributed by atoms with Crippen molar-refractivity contribution in [2.24, 2.45) is 5.92 Å². The molecule has 0 unspecified atom stereocenters. The lowest BCUT2D eigenvalue weighted by Crippen LogP contribution is -2.24. The molecule has 1 aliphatic rings. The second-order valence-corrected chi connectivity index (χ2v) is 8.41. The predicted octanol–water partition coefficient (Wildman–Crippen LogP) is 4.62. The summed E-state index contributed by atoms with van der Waals surface area (Å²) in [4.78, 5) is 27.3. The van der Waals surface area contributed by atoms with Crippen LogP contribution in [0.15, 0.2) is 60.9 Å². The molecule has 0 saturated carbocycles. The van der Waals surface area contributed by atoms with Crippen LogP contribution in [0.5, 0.6) is 11.6 Å². The molecule has 1 fully saturated rings. The zero-order chi connectivity index (χ0) is 21.9. The molecule has 0 amide bonds. The number of thiazole rings is 1. The van der Waals surface area contributed by atoms with E-state index in [1.807, 2.05) is 47.4 Å². The monoisotopic (exact) mass is 447 g/mol. The molecular weight excluding hydrogens is 426 g/mol. The number of ether oxygens (including phenoxy) is 2. The Morgan fingerprint density at radius 2 is 1.94 bits per heavy atom. The molecule has 0 spiro atoms. The molecular formula is C23H21N5O3S. The Bertz CT molecular complexity index is 1210. The predicted molar refractivity (Wildman–Crippen MR) is 124 cm³/mol. The average molecular weight is 448 g/mol. The highest BCUT2D eigenvalue weighted by atomic mass is 32.1. The third-order valence-corrected chi connectivity index (χ3v) is 6.23. The molecule has 4 aromatic rings. The van der Waals surface area contributed by atoms with Gasteiger partial charge < -0.3 is 19.7 Å². The number of carbonyl (C=O) groups is 1. The standard InChI is InChI=1S/C23H21N5O3S/c1-30-22(29)15-10-13-28(14-15)20-21(25-12-11-24-20)31-17-8-6-16(7-9-17)26-23-27-18-4-2-3-5-19(18)32-23/h2-9,11-12,15H,10,13-14H2,1H3,(H,26,27)/t15-/m1/s1. The minimum Gasteiger partial charge on any atom is -0.469 e. The maximum Gasteiger partial charge on any atom is 0.310 e. The highest BCUT2D eigenvalue weighted by Crippen LogP contribution is 2.33. The molecule has 3 heterocycles. The summed E-state index contributed by atoms with van der Waals surface area (Å²) in [7, 11) is 1.41. The molecule has 1 aliphatic heterocycles. The van der Waals surface area contributed by atoms with Gasteiger partial charge in [-0.25, -0.2) is 15.0 Å². The Hall–Kier alpha value is -3.72. The van der Waals surface area contributed by atoms with Gasteiger partial charge in [0.1, 0.15) is 5.75 Å². The van der Waals surface area contributed by atoms with Crippen molar-refractivity contribution in [1.29, 1.82) is 0 Å². The van der Waals surface area contributed by atoms with Crippen LogP contribution < -0.4 is 15.0 Å². The Labute approximate surface area is 188 Å². The molecule has 0 bridgehead atoms. The SMILES string of the molecule is COC(=O)[C@@H]1CCN(c2nccnc2Oc2ccc(Nc3nc4ccccc4s3)cc2)C1. The van der Waals surface area contributed by atoms with E-state index in [0.717, 1.165) is 27.5 Å². The van der Waals surface area contributed by atoms with Gasteiger partial charge in [-0.2, -0.15) is 0 Å². The third-order valence-electron chi connectivity index (χ3n) is 5.28. The number of methoxy groups -OCH3 is 1. The van der Waals surface area contributed by atoms with Gasteiger partial charge in [-0.05, 0) is 42.8 Å². The van der Waals surface area contributed by atoms with E-state index in [1.165, 1.54) is 7.11 Å². The van der Waals surface area contributed by atoms with Crippen molar-refractivity contribution in [2.75, 3.05) is 30.4 Å². The van der Waals surface area contributed by atoms with Crippen LogP contribution in [0.1, 0.15) is 6.42 Å². The first-order valence-electron chi connectivity index (χ1n) is 10.2. The molecule has 1 atom stereocenters. The largest absolute Gasteiger partial charge is 0.469 e. The Morgan fingerprint density at radius 1 is 1.12 bits per heavy atom. The van der Waals surface area contributed by atoms with Gasteiger partial charge in [-0.1, -0.05) is 23.5 Å². The zero-order valence-corrected chi connectivity index (χ0v) is 18.2. The van der Waals surface area contributed by atoms with Crippen molar-refractivity contribution in [3.63, 3.8) is 0 Å². The molecule has 1 saturated heterocycles. The molecule has 1 N–H and O–H groups in total. The maximum atomic E-state index is 11.9. The number of nitrogens with one attached hydrogen (secondary N) is 1. The van der Waals surface area contributed by atoms with E-state index in [9.17, 15) is 4.79 Å². The van der Waals surface area contributed by atoms with Crippen LogP contribution in [-0.2, 0) is 9.53 Å². The van der Waals surface area contributed by atoms with E-state index in [2.05, 4.69) is 26.3 Å². The minimum atomic E-state index is -0.199. The third kappa shape index (κ3) is 4.19. The minimum absolute atomic E-state index is 0.164. The topological polar surface area (TPSA) is 89.5 Å². The van der Waals surface area contributed by atoms with E-state index in [-0.39, 0.29) is 11.9 Å². The first-order valence-corrected chi connectivity index (χ1v) is 11.1. The smallest absolute Gasteiger partial charge is 0.310 e. The summed E-state index contributed by atoms with van der Waals surface area (Å²) >= 11 is 1.61. The number of anilines is 3. The molecule has 8 nitrogen and oxygen atoms in total. The summed E-state index contributed by atoms with van der Waals surface area (Å²) in [5.74, 6) is 1.31. The summed E-state index contributed by atoms with van der Waals surface area (Å²) in [6.45, 7) is 1.23. The van der Waals surface area contributed by atoms with Crippen LogP contribution in [0.4, 0.5) is 16.6 Å². The Kier molecular flexibility index (Phi) is 5.55. The first-order chi connectivity index (χ1) is 15.7. The highest BCUT2D eigenvalue weighted by molar-refractivity contribution is 7.22. The van der Waals surface area contributed by atoms with Crippen molar-refractivity contribution in [3.05, 3.63) is 60.9 Å². The lowest BCUT2D eigenvalue weighted by Gasteiger charge is -2.19. The van der Waals surface area contributed by atoms with Crippen molar-refractivity contribution >= 4 is 44.2 Å². The fourth-order valence-corrected chi connectivity index (χ4v) is 4.57. The summed E-state index contributed by atoms with van der Waals surface area (Å²) < 4.78 is 12.0. The van der Waals surface area contributed by atoms with Crippen molar-refractivity contribution in [2.45, 2.75) is 6.42 Å². The van der Waals surface area contributed by atoms with E-state index < -0.39 is 0 Å². The lowest BCUT2D eigenvalue weighted by atomic mass is 10.1. The fourth-order valence-electron chi connectivity index (χ4n) is 3.69. The summed E-state index contributed by atoms with van der Waals surface area (Å²) in [6.07, 6.45) is 3.93. The summed E-state index contributed by atoms with van der Waals surface area (Å²) in [5, 5.41) is 4.17. The number of rotatable bonds is 6. The average Bonchev–Trinajstić information content (AvgIpc) is 3.47. The molecule has 9 heteroatoms. The number of fused-ring (bicyclic) bond motifs is 1. The molecule has 2 aromatic heterocycles. The van der Waals surface area contributed by atoms with Gasteiger partial charge in [0, 0.05) is 31.2 Å². The van der Waals surface area contributed by atoms with E-state index in [0.29, 0.717) is 30.5 Å². The van der Waals surface area contributed by atoms with E-state index in [1.54, 1.807) is 23.7 Å². The summed E-state index contributed by atoms with van der Waals surface area (Å²) in [6, 6.07) is 15.7. The lowest BCUT2D eigenvalue weighted by molar-refractivity contribution is -0.144. The van der Waals surface area contributed by atoms with E-state index in [4.69, 9.17) is 9.47 Å². The van der Waals surface area contributed by atoms with Crippen LogP contribution >= 0.6 is 11.3 Å². The number of para-hydroxylation sites is 1. The Morgan fingerprint density at radius 3 is 2.75 bits per heavy atom. The molecule has 0 radical (unpaired) electrons. The van der Waals surface area contributed by atoms with Gasteiger partial charge in [-0.15, -0.1) is 0 Å². The number of carbonyl (C=O) groups excluding carboxylic acids is 1. The van der Waals surface area contributed by atoms with Crippen molar-refractivity contribution < 1.29 is 14.3 Å². The normalized spacial score (nSPS) is 15.7. The van der Waals surface area contributed by atoms with Crippen LogP contribution in [0.3, 0.4) is 0 Å². The number of aromatic nitrogens is 3. The van der Waals surface area contributed by atoms with Crippen LogP contribution in [0.2, 0.25) is 0 Å². The molecule has 2 aromatic carbocycles. The van der Waals surface area contributed by atoms with Crippen LogP contribution in [-0.4, -0.2) is 41.1 Å². The summed E-state index contributed by atoms with van der Waals surface area (Å²) in [5.41, 5.74) is 1.89. The Balaban J connectivity index is 1.28. The van der Waals surface area contributed by atoms with Crippen LogP contribution in [0, 0.1) is 5.92 Å². The second kappa shape index (κ2) is 8.80. The van der Waals surface area contributed by atoms with Gasteiger partial charge >= 0.3 is 5.97 Å². The number of hydrogen-bond donors (Lipinski definition) is 1. The fraction of sp³-hybridized carbons (Fsp3) is 0.217. The number of esters is 1. The highest BCUT2D eigenvalue weighted by Gasteiger charge is 2.31. The molecule has 0 aliphatic carbocycles. The molecule has 5 rings (SSSR count). The van der Waals surface area contributed by atoms with Gasteiger partial charge in [0.2, 0.25) is 0 Å². The molecule has 162 valence electrons. The first kappa shape index (κ1) is 20.2. The second-order valence-electron chi connectivity index (χ2n) is 7.38. The zero-order valence-electron chi connectivity index (χ0n) is 17.4. The van der Waals surface area contributed by atoms with Gasteiger partial charge in [0.15, 0.2) is 10.9 Å². The quantitative estimate of drug-likeness (QED) is 0.428. The van der Waals surface area contributed by atoms with E-state index >= 15 is 0 Å². The van der Waals surface area contributed by atoms with Gasteiger partial charge in [-0.3, -0.25) is 4.79 Å². The number of nitrogens with zero attached hydrogens (tertiary/aromatic N) is 4. The molecule has 32 heavy (non-hydrogen) atoms.